The first-order valence-electron chi connectivity index (χ1n) is 4.28. The van der Waals surface area contributed by atoms with Crippen molar-refractivity contribution in [3.05, 3.63) is 38.2 Å². The van der Waals surface area contributed by atoms with Crippen LogP contribution in [0.5, 0.6) is 0 Å². The van der Waals surface area contributed by atoms with Crippen LogP contribution >= 0.6 is 34.5 Å². The monoisotopic (exact) mass is 271 g/mol. The molecule has 0 aromatic carbocycles. The van der Waals surface area contributed by atoms with Crippen molar-refractivity contribution < 1.29 is 0 Å². The van der Waals surface area contributed by atoms with E-state index < -0.39 is 0 Å². The Kier molecular flexibility index (Phi) is 2.14. The number of pyridine rings is 1. The Labute approximate surface area is 103 Å². The highest BCUT2D eigenvalue weighted by molar-refractivity contribution is 7.12. The van der Waals surface area contributed by atoms with E-state index in [0.29, 0.717) is 26.4 Å². The fourth-order valence-electron chi connectivity index (χ4n) is 1.49. The number of rotatable bonds is 0. The van der Waals surface area contributed by atoms with Crippen LogP contribution in [0.15, 0.2) is 23.3 Å². The molecule has 1 aromatic heterocycles. The summed E-state index contributed by atoms with van der Waals surface area (Å²) in [7, 11) is 0. The van der Waals surface area contributed by atoms with E-state index in [-0.39, 0.29) is 4.87 Å². The van der Waals surface area contributed by atoms with Crippen molar-refractivity contribution in [2.75, 3.05) is 0 Å². The van der Waals surface area contributed by atoms with Crippen molar-refractivity contribution in [3.8, 4) is 10.7 Å². The van der Waals surface area contributed by atoms with Crippen LogP contribution in [0.3, 0.4) is 0 Å². The molecule has 80 valence electrons. The molecular formula is C9H3Cl2N3OS. The molecule has 3 heterocycles. The van der Waals surface area contributed by atoms with Crippen LogP contribution in [0.1, 0.15) is 0 Å². The molecule has 2 aliphatic rings. The van der Waals surface area contributed by atoms with Gasteiger partial charge in [0.05, 0.1) is 21.1 Å². The SMILES string of the molecule is O=c1nc2n3cc(Cl)cc(Cl)c3ncc-2s1. The summed E-state index contributed by atoms with van der Waals surface area (Å²) in [4.78, 5) is 19.7. The standard InChI is InChI=1S/C9H3Cl2N3OS/c10-4-1-5(11)7-12-2-6-8(14(7)3-4)13-9(15)16-6/h1-3H. The average molecular weight is 272 g/mol. The average Bonchev–Trinajstić information content (AvgIpc) is 2.58. The van der Waals surface area contributed by atoms with E-state index in [9.17, 15) is 4.79 Å². The number of nitrogens with zero attached hydrogens (tertiary/aromatic N) is 3. The molecule has 0 radical (unpaired) electrons. The highest BCUT2D eigenvalue weighted by atomic mass is 35.5. The van der Waals surface area contributed by atoms with Crippen LogP contribution in [-0.4, -0.2) is 14.4 Å². The van der Waals surface area contributed by atoms with Crippen molar-refractivity contribution in [1.82, 2.24) is 14.4 Å². The van der Waals surface area contributed by atoms with Crippen LogP contribution in [0, 0.1) is 0 Å². The van der Waals surface area contributed by atoms with Gasteiger partial charge in [0, 0.05) is 6.20 Å². The number of hydrogen-bond acceptors (Lipinski definition) is 4. The summed E-state index contributed by atoms with van der Waals surface area (Å²) in [5.74, 6) is 0.532. The van der Waals surface area contributed by atoms with Crippen LogP contribution in [0.25, 0.3) is 16.3 Å². The van der Waals surface area contributed by atoms with Crippen LogP contribution < -0.4 is 4.87 Å². The lowest BCUT2D eigenvalue weighted by Gasteiger charge is -2.06. The molecule has 2 aliphatic heterocycles. The number of hydrogen-bond donors (Lipinski definition) is 0. The molecule has 0 unspecified atom stereocenters. The van der Waals surface area contributed by atoms with Gasteiger partial charge in [-0.1, -0.05) is 34.5 Å². The first-order chi connectivity index (χ1) is 7.65. The van der Waals surface area contributed by atoms with Gasteiger partial charge < -0.3 is 0 Å². The van der Waals surface area contributed by atoms with E-state index >= 15 is 0 Å². The zero-order valence-electron chi connectivity index (χ0n) is 7.65. The Balaban J connectivity index is 2.58. The zero-order valence-corrected chi connectivity index (χ0v) is 9.97. The van der Waals surface area contributed by atoms with Gasteiger partial charge in [0.15, 0.2) is 11.5 Å². The predicted octanol–water partition coefficient (Wildman–Crippen LogP) is 2.56. The van der Waals surface area contributed by atoms with Crippen molar-refractivity contribution in [3.63, 3.8) is 0 Å². The molecule has 4 nitrogen and oxygen atoms in total. The Morgan fingerprint density at radius 3 is 3.00 bits per heavy atom. The lowest BCUT2D eigenvalue weighted by atomic mass is 10.4. The summed E-state index contributed by atoms with van der Waals surface area (Å²) in [6, 6.07) is 1.60. The lowest BCUT2D eigenvalue weighted by molar-refractivity contribution is 1.06. The summed E-state index contributed by atoms with van der Waals surface area (Å²) in [6.45, 7) is 0. The third-order valence-electron chi connectivity index (χ3n) is 2.11. The molecule has 0 spiro atoms. The van der Waals surface area contributed by atoms with Gasteiger partial charge in [-0.25, -0.2) is 4.98 Å². The van der Waals surface area contributed by atoms with Crippen molar-refractivity contribution in [2.24, 2.45) is 0 Å². The topological polar surface area (TPSA) is 47.3 Å². The smallest absolute Gasteiger partial charge is 0.282 e. The van der Waals surface area contributed by atoms with Gasteiger partial charge in [-0.15, -0.1) is 0 Å². The molecule has 0 atom stereocenters. The molecular weight excluding hydrogens is 269 g/mol. The van der Waals surface area contributed by atoms with Gasteiger partial charge in [-0.3, -0.25) is 9.20 Å². The fraction of sp³-hybridized carbons (Fsp3) is 0. The molecule has 16 heavy (non-hydrogen) atoms. The predicted molar refractivity (Wildman–Crippen MR) is 63.8 cm³/mol. The van der Waals surface area contributed by atoms with E-state index in [1.165, 1.54) is 0 Å². The minimum atomic E-state index is -0.257. The molecule has 0 bridgehead atoms. The number of aromatic nitrogens is 3. The number of halogens is 2. The van der Waals surface area contributed by atoms with Gasteiger partial charge in [-0.2, -0.15) is 4.98 Å². The van der Waals surface area contributed by atoms with Gasteiger partial charge in [0.2, 0.25) is 0 Å². The van der Waals surface area contributed by atoms with E-state index in [1.807, 2.05) is 0 Å². The third-order valence-corrected chi connectivity index (χ3v) is 3.36. The quantitative estimate of drug-likeness (QED) is 0.632. The summed E-state index contributed by atoms with van der Waals surface area (Å²) >= 11 is 12.9. The molecule has 0 saturated heterocycles. The van der Waals surface area contributed by atoms with Crippen LogP contribution in [0.2, 0.25) is 10.0 Å². The van der Waals surface area contributed by atoms with Crippen LogP contribution in [0.4, 0.5) is 0 Å². The van der Waals surface area contributed by atoms with Gasteiger partial charge in [-0.05, 0) is 6.07 Å². The lowest BCUT2D eigenvalue weighted by Crippen LogP contribution is -2.00. The first kappa shape index (κ1) is 10.0. The Morgan fingerprint density at radius 2 is 2.19 bits per heavy atom. The van der Waals surface area contributed by atoms with Crippen molar-refractivity contribution in [1.29, 1.82) is 0 Å². The Hall–Kier alpha value is -1.17. The maximum absolute atomic E-state index is 11.2. The largest absolute Gasteiger partial charge is 0.329 e. The molecule has 3 rings (SSSR count). The second kappa shape index (κ2) is 3.41. The summed E-state index contributed by atoms with van der Waals surface area (Å²) in [5, 5.41) is 0.895. The Bertz CT molecular complexity index is 721. The molecule has 1 aromatic rings. The minimum absolute atomic E-state index is 0.257. The van der Waals surface area contributed by atoms with Gasteiger partial charge >= 0.3 is 4.87 Å². The summed E-state index contributed by atoms with van der Waals surface area (Å²) < 4.78 is 1.62. The first-order valence-corrected chi connectivity index (χ1v) is 5.85. The summed E-state index contributed by atoms with van der Waals surface area (Å²) in [5.41, 5.74) is 0.531. The third kappa shape index (κ3) is 1.40. The van der Waals surface area contributed by atoms with Crippen molar-refractivity contribution in [2.45, 2.75) is 0 Å². The normalized spacial score (nSPS) is 11.4. The molecule has 0 N–H and O–H groups in total. The molecule has 0 aliphatic carbocycles. The zero-order chi connectivity index (χ0) is 11.3. The fourth-order valence-corrected chi connectivity index (χ4v) is 2.67. The molecule has 7 heteroatoms. The minimum Gasteiger partial charge on any atom is -0.282 e. The van der Waals surface area contributed by atoms with E-state index in [2.05, 4.69) is 9.97 Å². The number of thiazole rings is 1. The second-order valence-corrected chi connectivity index (χ2v) is 4.96. The maximum Gasteiger partial charge on any atom is 0.329 e. The van der Waals surface area contributed by atoms with E-state index in [1.54, 1.807) is 22.9 Å². The van der Waals surface area contributed by atoms with Gasteiger partial charge in [0.1, 0.15) is 0 Å². The molecule has 0 fully saturated rings. The molecule has 0 amide bonds. The van der Waals surface area contributed by atoms with Crippen molar-refractivity contribution >= 4 is 40.2 Å². The number of fused-ring (bicyclic) bond motifs is 3. The highest BCUT2D eigenvalue weighted by Gasteiger charge is 2.14. The second-order valence-electron chi connectivity index (χ2n) is 3.13. The highest BCUT2D eigenvalue weighted by Crippen LogP contribution is 2.27. The molecule has 0 saturated carbocycles. The Morgan fingerprint density at radius 1 is 1.38 bits per heavy atom. The van der Waals surface area contributed by atoms with E-state index in [0.717, 1.165) is 11.3 Å². The maximum atomic E-state index is 11.2. The van der Waals surface area contributed by atoms with Gasteiger partial charge in [0.25, 0.3) is 0 Å². The van der Waals surface area contributed by atoms with Crippen LogP contribution in [-0.2, 0) is 0 Å². The van der Waals surface area contributed by atoms with E-state index in [4.69, 9.17) is 23.2 Å². The summed E-state index contributed by atoms with van der Waals surface area (Å²) in [6.07, 6.45) is 3.22.